The Kier molecular flexibility index (Phi) is 7.77. The summed E-state index contributed by atoms with van der Waals surface area (Å²) in [5.74, 6) is -2.77. The van der Waals surface area contributed by atoms with Gasteiger partial charge in [0.15, 0.2) is 0 Å². The van der Waals surface area contributed by atoms with Gasteiger partial charge >= 0.3 is 12.1 Å². The Morgan fingerprint density at radius 2 is 1.78 bits per heavy atom. The van der Waals surface area contributed by atoms with Crippen LogP contribution in [-0.4, -0.2) is 40.8 Å². The van der Waals surface area contributed by atoms with Crippen molar-refractivity contribution in [3.05, 3.63) is 93.7 Å². The van der Waals surface area contributed by atoms with E-state index in [-0.39, 0.29) is 11.4 Å². The van der Waals surface area contributed by atoms with Crippen LogP contribution in [0.15, 0.2) is 72.1 Å². The van der Waals surface area contributed by atoms with Crippen molar-refractivity contribution in [1.82, 2.24) is 10.2 Å². The highest BCUT2D eigenvalue weighted by Crippen LogP contribution is 2.47. The van der Waals surface area contributed by atoms with Crippen LogP contribution in [0.2, 0.25) is 0 Å². The van der Waals surface area contributed by atoms with Crippen LogP contribution in [-0.2, 0) is 39.5 Å². The van der Waals surface area contributed by atoms with Crippen molar-refractivity contribution in [2.45, 2.75) is 43.9 Å². The Morgan fingerprint density at radius 3 is 2.44 bits per heavy atom. The van der Waals surface area contributed by atoms with Gasteiger partial charge in [0.05, 0.1) is 18.7 Å². The number of nitrogens with one attached hydrogen (secondary N) is 1. The van der Waals surface area contributed by atoms with Crippen LogP contribution in [0.25, 0.3) is 0 Å². The Morgan fingerprint density at radius 1 is 1.08 bits per heavy atom. The van der Waals surface area contributed by atoms with Crippen molar-refractivity contribution in [1.29, 1.82) is 0 Å². The SMILES string of the molecule is O=C(NCc1cccs1)C1CC2(CO1)c1ccccc1CN2Cc1ccccc1.O=C(O)C(F)(F)F. The van der Waals surface area contributed by atoms with E-state index in [1.165, 1.54) is 16.7 Å². The highest BCUT2D eigenvalue weighted by atomic mass is 32.1. The number of nitrogens with zero attached hydrogens (tertiary/aromatic N) is 1. The van der Waals surface area contributed by atoms with Crippen LogP contribution in [0.5, 0.6) is 0 Å². The monoisotopic (exact) mass is 518 g/mol. The van der Waals surface area contributed by atoms with Gasteiger partial charge in [-0.2, -0.15) is 13.2 Å². The van der Waals surface area contributed by atoms with Crippen LogP contribution < -0.4 is 5.32 Å². The van der Waals surface area contributed by atoms with E-state index < -0.39 is 18.2 Å². The van der Waals surface area contributed by atoms with E-state index in [1.54, 1.807) is 11.3 Å². The number of amides is 1. The lowest BCUT2D eigenvalue weighted by molar-refractivity contribution is -0.192. The summed E-state index contributed by atoms with van der Waals surface area (Å²) in [4.78, 5) is 25.3. The number of hydrogen-bond acceptors (Lipinski definition) is 5. The molecule has 2 unspecified atom stereocenters. The Hall–Kier alpha value is -3.21. The number of alkyl halides is 3. The van der Waals surface area contributed by atoms with Gasteiger partial charge in [-0.25, -0.2) is 4.79 Å². The fourth-order valence-corrected chi connectivity index (χ4v) is 5.24. The number of carboxylic acids is 1. The molecule has 0 saturated carbocycles. The zero-order chi connectivity index (χ0) is 25.8. The number of thiophene rings is 1. The third-order valence-corrected chi connectivity index (χ3v) is 7.18. The molecule has 2 atom stereocenters. The summed E-state index contributed by atoms with van der Waals surface area (Å²) in [5, 5.41) is 12.2. The second kappa shape index (κ2) is 10.8. The van der Waals surface area contributed by atoms with Gasteiger partial charge in [-0.1, -0.05) is 60.7 Å². The van der Waals surface area contributed by atoms with E-state index in [9.17, 15) is 18.0 Å². The van der Waals surface area contributed by atoms with Crippen molar-refractivity contribution < 1.29 is 32.6 Å². The van der Waals surface area contributed by atoms with Crippen LogP contribution >= 0.6 is 11.3 Å². The Balaban J connectivity index is 0.000000384. The van der Waals surface area contributed by atoms with Crippen molar-refractivity contribution in [2.24, 2.45) is 0 Å². The first-order valence-corrected chi connectivity index (χ1v) is 12.2. The summed E-state index contributed by atoms with van der Waals surface area (Å²) in [6.45, 7) is 2.85. The predicted octanol–water partition coefficient (Wildman–Crippen LogP) is 4.70. The first kappa shape index (κ1) is 25.9. The first-order chi connectivity index (χ1) is 17.2. The summed E-state index contributed by atoms with van der Waals surface area (Å²) in [6.07, 6.45) is -4.81. The minimum absolute atomic E-state index is 0.0145. The van der Waals surface area contributed by atoms with Gasteiger partial charge in [-0.3, -0.25) is 9.69 Å². The molecule has 36 heavy (non-hydrogen) atoms. The molecule has 0 radical (unpaired) electrons. The van der Waals surface area contributed by atoms with E-state index in [0.717, 1.165) is 18.0 Å². The number of benzene rings is 2. The van der Waals surface area contributed by atoms with Crippen LogP contribution in [0.4, 0.5) is 13.2 Å². The zero-order valence-corrected chi connectivity index (χ0v) is 20.0. The molecular formula is C26H25F3N2O4S. The van der Waals surface area contributed by atoms with E-state index >= 15 is 0 Å². The topological polar surface area (TPSA) is 78.9 Å². The van der Waals surface area contributed by atoms with E-state index in [4.69, 9.17) is 14.6 Å². The number of hydrogen-bond donors (Lipinski definition) is 2. The normalized spacial score (nSPS) is 21.0. The number of rotatable bonds is 5. The molecule has 2 aliphatic rings. The molecule has 0 aliphatic carbocycles. The van der Waals surface area contributed by atoms with Crippen molar-refractivity contribution in [3.8, 4) is 0 Å². The first-order valence-electron chi connectivity index (χ1n) is 11.3. The number of ether oxygens (including phenoxy) is 1. The Labute approximate surface area is 210 Å². The van der Waals surface area contributed by atoms with E-state index in [0.29, 0.717) is 19.6 Å². The van der Waals surface area contributed by atoms with Crippen LogP contribution in [0.1, 0.15) is 28.0 Å². The lowest BCUT2D eigenvalue weighted by Crippen LogP contribution is -2.42. The van der Waals surface area contributed by atoms with Crippen molar-refractivity contribution in [2.75, 3.05) is 6.61 Å². The van der Waals surface area contributed by atoms with E-state index in [2.05, 4.69) is 58.7 Å². The fourth-order valence-electron chi connectivity index (χ4n) is 4.59. The molecular weight excluding hydrogens is 493 g/mol. The van der Waals surface area contributed by atoms with Crippen LogP contribution in [0.3, 0.4) is 0 Å². The zero-order valence-electron chi connectivity index (χ0n) is 19.2. The van der Waals surface area contributed by atoms with Crippen molar-refractivity contribution in [3.63, 3.8) is 0 Å². The summed E-state index contributed by atoms with van der Waals surface area (Å²) >= 11 is 1.65. The lowest BCUT2D eigenvalue weighted by atomic mass is 9.86. The highest BCUT2D eigenvalue weighted by Gasteiger charge is 2.52. The third-order valence-electron chi connectivity index (χ3n) is 6.30. The molecule has 3 heterocycles. The summed E-state index contributed by atoms with van der Waals surface area (Å²) < 4.78 is 37.8. The summed E-state index contributed by atoms with van der Waals surface area (Å²) in [5.41, 5.74) is 3.69. The molecule has 2 aliphatic heterocycles. The third kappa shape index (κ3) is 5.77. The smallest absolute Gasteiger partial charge is 0.475 e. The number of carboxylic acid groups (broad SMARTS) is 1. The largest absolute Gasteiger partial charge is 0.490 e. The highest BCUT2D eigenvalue weighted by molar-refractivity contribution is 7.09. The molecule has 0 bridgehead atoms. The molecule has 5 rings (SSSR count). The molecule has 190 valence electrons. The second-order valence-electron chi connectivity index (χ2n) is 8.63. The molecule has 10 heteroatoms. The molecule has 1 aromatic heterocycles. The molecule has 2 aromatic carbocycles. The minimum atomic E-state index is -5.08. The Bertz CT molecular complexity index is 1190. The number of fused-ring (bicyclic) bond motifs is 2. The number of aliphatic carboxylic acids is 1. The minimum Gasteiger partial charge on any atom is -0.475 e. The van der Waals surface area contributed by atoms with Gasteiger partial charge < -0.3 is 15.2 Å². The van der Waals surface area contributed by atoms with Gasteiger partial charge in [0, 0.05) is 24.4 Å². The molecule has 3 aromatic rings. The molecule has 2 N–H and O–H groups in total. The maximum atomic E-state index is 12.8. The van der Waals surface area contributed by atoms with Gasteiger partial charge in [-0.05, 0) is 28.1 Å². The van der Waals surface area contributed by atoms with Gasteiger partial charge in [0.1, 0.15) is 6.10 Å². The summed E-state index contributed by atoms with van der Waals surface area (Å²) in [6, 6.07) is 23.2. The molecule has 1 amide bonds. The molecule has 6 nitrogen and oxygen atoms in total. The van der Waals surface area contributed by atoms with Gasteiger partial charge in [0.2, 0.25) is 5.91 Å². The van der Waals surface area contributed by atoms with E-state index in [1.807, 2.05) is 23.6 Å². The lowest BCUT2D eigenvalue weighted by Gasteiger charge is -2.34. The standard InChI is InChI=1S/C24H24N2O2S.C2HF3O2/c27-23(25-14-20-10-6-12-29-20)22-13-24(17-28-22)21-11-5-4-9-19(21)16-26(24)15-18-7-2-1-3-8-18;3-2(4,5)1(6)7/h1-12,22H,13-17H2,(H,25,27);(H,6,7). The fraction of sp³-hybridized carbons (Fsp3) is 0.308. The molecule has 1 fully saturated rings. The molecule has 1 spiro atoms. The maximum Gasteiger partial charge on any atom is 0.490 e. The molecule has 1 saturated heterocycles. The van der Waals surface area contributed by atoms with Gasteiger partial charge in [0.25, 0.3) is 0 Å². The maximum absolute atomic E-state index is 12.8. The average molecular weight is 519 g/mol. The van der Waals surface area contributed by atoms with Crippen molar-refractivity contribution >= 4 is 23.2 Å². The predicted molar refractivity (Wildman–Crippen MR) is 128 cm³/mol. The number of carbonyl (C=O) groups excluding carboxylic acids is 1. The van der Waals surface area contributed by atoms with Gasteiger partial charge in [-0.15, -0.1) is 11.3 Å². The number of halogens is 3. The number of carbonyl (C=O) groups is 2. The quantitative estimate of drug-likeness (QED) is 0.512. The average Bonchev–Trinajstić information content (AvgIpc) is 3.59. The van der Waals surface area contributed by atoms with Crippen LogP contribution in [0, 0.1) is 0 Å². The summed E-state index contributed by atoms with van der Waals surface area (Å²) in [7, 11) is 0. The second-order valence-corrected chi connectivity index (χ2v) is 9.67.